The average Bonchev–Trinajstić information content (AvgIpc) is 3.35. The van der Waals surface area contributed by atoms with Crippen molar-refractivity contribution in [3.8, 4) is 11.1 Å². The second-order valence-electron chi connectivity index (χ2n) is 9.04. The van der Waals surface area contributed by atoms with Crippen LogP contribution in [0.2, 0.25) is 0 Å². The minimum Gasteiger partial charge on any atom is -0.334 e. The maximum atomic E-state index is 14.9. The lowest BCUT2D eigenvalue weighted by Crippen LogP contribution is -2.46. The maximum Gasteiger partial charge on any atom is 0.416 e. The summed E-state index contributed by atoms with van der Waals surface area (Å²) in [5, 5.41) is 0. The van der Waals surface area contributed by atoms with Gasteiger partial charge in [0.05, 0.1) is 11.1 Å². The fraction of sp³-hybridized carbons (Fsp3) is 0.480. The standard InChI is InChI=1S/C25H28F4N2O/c1-16-5-6-17(2)31(16)15-21-4-3-13-30(21)24(32)22-12-9-19(14-23(22)26)18-7-10-20(11-8-18)25(27,28)29/h7-12,14,16-17,21H,3-6,13,15H2,1-2H3. The van der Waals surface area contributed by atoms with Crippen LogP contribution < -0.4 is 0 Å². The Bertz CT molecular complexity index is 963. The molecule has 3 nitrogen and oxygen atoms in total. The van der Waals surface area contributed by atoms with Crippen molar-refractivity contribution in [3.05, 3.63) is 59.4 Å². The summed E-state index contributed by atoms with van der Waals surface area (Å²) in [5.41, 5.74) is 0.155. The van der Waals surface area contributed by atoms with Gasteiger partial charge in [-0.05, 0) is 74.9 Å². The summed E-state index contributed by atoms with van der Waals surface area (Å²) >= 11 is 0. The topological polar surface area (TPSA) is 23.6 Å². The van der Waals surface area contributed by atoms with E-state index in [1.807, 2.05) is 0 Å². The molecule has 7 heteroatoms. The zero-order chi connectivity index (χ0) is 23.0. The number of rotatable bonds is 4. The number of nitrogens with zero attached hydrogens (tertiary/aromatic N) is 2. The van der Waals surface area contributed by atoms with E-state index in [-0.39, 0.29) is 17.5 Å². The molecule has 0 N–H and O–H groups in total. The second kappa shape index (κ2) is 8.85. The van der Waals surface area contributed by atoms with Gasteiger partial charge in [0.2, 0.25) is 0 Å². The Morgan fingerprint density at radius 3 is 2.19 bits per heavy atom. The molecule has 1 amide bonds. The first-order valence-electron chi connectivity index (χ1n) is 11.2. The number of halogens is 4. The summed E-state index contributed by atoms with van der Waals surface area (Å²) in [6.07, 6.45) is -0.300. The van der Waals surface area contributed by atoms with Crippen molar-refractivity contribution in [3.63, 3.8) is 0 Å². The van der Waals surface area contributed by atoms with Crippen molar-refractivity contribution in [2.45, 2.75) is 63.8 Å². The molecule has 32 heavy (non-hydrogen) atoms. The molecule has 0 bridgehead atoms. The molecule has 0 saturated carbocycles. The van der Waals surface area contributed by atoms with Crippen LogP contribution in [0.3, 0.4) is 0 Å². The van der Waals surface area contributed by atoms with E-state index in [0.717, 1.165) is 44.4 Å². The molecule has 172 valence electrons. The zero-order valence-electron chi connectivity index (χ0n) is 18.3. The fourth-order valence-electron chi connectivity index (χ4n) is 5.02. The minimum atomic E-state index is -4.42. The molecule has 0 spiro atoms. The third-order valence-electron chi connectivity index (χ3n) is 6.94. The summed E-state index contributed by atoms with van der Waals surface area (Å²) in [7, 11) is 0. The summed E-state index contributed by atoms with van der Waals surface area (Å²) in [6, 6.07) is 9.88. The van der Waals surface area contributed by atoms with Gasteiger partial charge < -0.3 is 4.90 Å². The summed E-state index contributed by atoms with van der Waals surface area (Å²) in [6.45, 7) is 5.84. The van der Waals surface area contributed by atoms with Gasteiger partial charge in [-0.15, -0.1) is 0 Å². The molecule has 2 aliphatic rings. The van der Waals surface area contributed by atoms with Crippen LogP contribution in [0.5, 0.6) is 0 Å². The number of likely N-dealkylation sites (tertiary alicyclic amines) is 2. The van der Waals surface area contributed by atoms with E-state index in [2.05, 4.69) is 18.7 Å². The van der Waals surface area contributed by atoms with Crippen LogP contribution in [0.4, 0.5) is 17.6 Å². The number of alkyl halides is 3. The summed E-state index contributed by atoms with van der Waals surface area (Å²) in [4.78, 5) is 17.4. The highest BCUT2D eigenvalue weighted by molar-refractivity contribution is 5.95. The van der Waals surface area contributed by atoms with Gasteiger partial charge in [-0.3, -0.25) is 9.69 Å². The van der Waals surface area contributed by atoms with E-state index >= 15 is 0 Å². The lowest BCUT2D eigenvalue weighted by atomic mass is 10.0. The van der Waals surface area contributed by atoms with Crippen molar-refractivity contribution in [1.29, 1.82) is 0 Å². The summed E-state index contributed by atoms with van der Waals surface area (Å²) < 4.78 is 53.2. The van der Waals surface area contributed by atoms with Gasteiger partial charge in [0.1, 0.15) is 5.82 Å². The number of carbonyl (C=O) groups is 1. The molecule has 0 aromatic heterocycles. The van der Waals surface area contributed by atoms with Crippen LogP contribution in [0.25, 0.3) is 11.1 Å². The predicted molar refractivity (Wildman–Crippen MR) is 116 cm³/mol. The van der Waals surface area contributed by atoms with Crippen molar-refractivity contribution in [2.75, 3.05) is 13.1 Å². The van der Waals surface area contributed by atoms with Gasteiger partial charge in [0.25, 0.3) is 5.91 Å². The number of amides is 1. The molecule has 0 radical (unpaired) electrons. The van der Waals surface area contributed by atoms with Gasteiger partial charge in [-0.1, -0.05) is 18.2 Å². The van der Waals surface area contributed by atoms with E-state index in [1.165, 1.54) is 24.3 Å². The first-order chi connectivity index (χ1) is 15.1. The first kappa shape index (κ1) is 22.8. The molecule has 2 aliphatic heterocycles. The first-order valence-corrected chi connectivity index (χ1v) is 11.2. The SMILES string of the molecule is CC1CCC(C)N1CC1CCCN1C(=O)c1ccc(-c2ccc(C(F)(F)F)cc2)cc1F. The molecular weight excluding hydrogens is 420 g/mol. The largest absolute Gasteiger partial charge is 0.416 e. The number of benzene rings is 2. The summed E-state index contributed by atoms with van der Waals surface area (Å²) in [5.74, 6) is -0.968. The Balaban J connectivity index is 1.50. The Morgan fingerprint density at radius 2 is 1.59 bits per heavy atom. The number of hydrogen-bond donors (Lipinski definition) is 0. The molecule has 2 aromatic carbocycles. The maximum absolute atomic E-state index is 14.9. The van der Waals surface area contributed by atoms with Crippen molar-refractivity contribution in [1.82, 2.24) is 9.80 Å². The fourth-order valence-corrected chi connectivity index (χ4v) is 5.02. The molecule has 3 unspecified atom stereocenters. The average molecular weight is 449 g/mol. The lowest BCUT2D eigenvalue weighted by molar-refractivity contribution is -0.137. The minimum absolute atomic E-state index is 0.00933. The van der Waals surface area contributed by atoms with Crippen LogP contribution in [0.15, 0.2) is 42.5 Å². The highest BCUT2D eigenvalue weighted by Gasteiger charge is 2.36. The zero-order valence-corrected chi connectivity index (χ0v) is 18.3. The normalized spacial score (nSPS) is 24.3. The van der Waals surface area contributed by atoms with Crippen LogP contribution in [0.1, 0.15) is 55.5 Å². The van der Waals surface area contributed by atoms with Gasteiger partial charge in [-0.25, -0.2) is 4.39 Å². The van der Waals surface area contributed by atoms with Gasteiger partial charge in [-0.2, -0.15) is 13.2 Å². The van der Waals surface area contributed by atoms with Gasteiger partial charge >= 0.3 is 6.18 Å². The highest BCUT2D eigenvalue weighted by atomic mass is 19.4. The predicted octanol–water partition coefficient (Wildman–Crippen LogP) is 5.99. The highest BCUT2D eigenvalue weighted by Crippen LogP contribution is 2.32. The van der Waals surface area contributed by atoms with E-state index in [1.54, 1.807) is 11.0 Å². The monoisotopic (exact) mass is 448 g/mol. The van der Waals surface area contributed by atoms with Crippen LogP contribution in [-0.4, -0.2) is 46.9 Å². The molecule has 3 atom stereocenters. The smallest absolute Gasteiger partial charge is 0.334 e. The molecule has 0 aliphatic carbocycles. The van der Waals surface area contributed by atoms with Gasteiger partial charge in [0.15, 0.2) is 0 Å². The second-order valence-corrected chi connectivity index (χ2v) is 9.04. The van der Waals surface area contributed by atoms with Gasteiger partial charge in [0, 0.05) is 31.2 Å². The number of carbonyl (C=O) groups excluding carboxylic acids is 1. The Kier molecular flexibility index (Phi) is 6.30. The Morgan fingerprint density at radius 1 is 0.969 bits per heavy atom. The number of hydrogen-bond acceptors (Lipinski definition) is 2. The quantitative estimate of drug-likeness (QED) is 0.537. The van der Waals surface area contributed by atoms with E-state index < -0.39 is 17.6 Å². The van der Waals surface area contributed by atoms with Crippen LogP contribution in [-0.2, 0) is 6.18 Å². The molecule has 2 heterocycles. The van der Waals surface area contributed by atoms with E-state index in [9.17, 15) is 22.4 Å². The van der Waals surface area contributed by atoms with E-state index in [0.29, 0.717) is 29.8 Å². The molecule has 2 fully saturated rings. The van der Waals surface area contributed by atoms with Crippen LogP contribution in [0, 0.1) is 5.82 Å². The van der Waals surface area contributed by atoms with Crippen molar-refractivity contribution < 1.29 is 22.4 Å². The third kappa shape index (κ3) is 4.53. The van der Waals surface area contributed by atoms with Crippen LogP contribution >= 0.6 is 0 Å². The van der Waals surface area contributed by atoms with Crippen molar-refractivity contribution in [2.24, 2.45) is 0 Å². The molecule has 4 rings (SSSR count). The molecule has 2 saturated heterocycles. The molecule has 2 aromatic rings. The molecular formula is C25H28F4N2O. The Labute approximate surface area is 186 Å². The third-order valence-corrected chi connectivity index (χ3v) is 6.94. The Hall–Kier alpha value is -2.41. The van der Waals surface area contributed by atoms with E-state index in [4.69, 9.17) is 0 Å². The van der Waals surface area contributed by atoms with Crippen molar-refractivity contribution >= 4 is 5.91 Å². The lowest BCUT2D eigenvalue weighted by Gasteiger charge is -2.33.